The molecule has 0 saturated carbocycles. The number of ether oxygens (including phenoxy) is 2. The first-order chi connectivity index (χ1) is 16.1. The molecule has 0 spiro atoms. The van der Waals surface area contributed by atoms with Gasteiger partial charge in [0.25, 0.3) is 0 Å². The second-order valence-corrected chi connectivity index (χ2v) is 12.3. The molecule has 0 bridgehead atoms. The summed E-state index contributed by atoms with van der Waals surface area (Å²) in [5, 5.41) is 0. The smallest absolute Gasteiger partial charge is 0.310 e. The van der Waals surface area contributed by atoms with Gasteiger partial charge in [0.15, 0.2) is 0 Å². The van der Waals surface area contributed by atoms with E-state index in [1.165, 1.54) is 32.9 Å². The van der Waals surface area contributed by atoms with Crippen molar-refractivity contribution in [3.05, 3.63) is 24.3 Å². The number of rotatable bonds is 8. The number of hydrogen-bond donors (Lipinski definition) is 0. The Morgan fingerprint density at radius 2 is 1.12 bits per heavy atom. The van der Waals surface area contributed by atoms with Crippen LogP contribution in [0.2, 0.25) is 0 Å². The number of nitrogens with zero attached hydrogens (tertiary/aromatic N) is 2. The quantitative estimate of drug-likeness (QED) is 0.477. The van der Waals surface area contributed by atoms with Crippen molar-refractivity contribution in [1.29, 1.82) is 0 Å². The van der Waals surface area contributed by atoms with Crippen molar-refractivity contribution >= 4 is 32.0 Å². The average molecular weight is 517 g/mol. The third kappa shape index (κ3) is 5.78. The number of sulfonamides is 2. The summed E-state index contributed by atoms with van der Waals surface area (Å²) in [6.45, 7) is 4.49. The fourth-order valence-electron chi connectivity index (χ4n) is 4.31. The fourth-order valence-corrected chi connectivity index (χ4v) is 7.36. The molecule has 0 aliphatic carbocycles. The zero-order valence-electron chi connectivity index (χ0n) is 19.5. The molecule has 2 aliphatic heterocycles. The maximum absolute atomic E-state index is 13.1. The van der Waals surface area contributed by atoms with Crippen molar-refractivity contribution in [2.45, 2.75) is 49.3 Å². The van der Waals surface area contributed by atoms with Crippen LogP contribution in [0.1, 0.15) is 39.5 Å². The van der Waals surface area contributed by atoms with Crippen LogP contribution in [0.15, 0.2) is 34.1 Å². The Morgan fingerprint density at radius 3 is 1.44 bits per heavy atom. The molecule has 2 saturated heterocycles. The molecule has 0 amide bonds. The average Bonchev–Trinajstić information content (AvgIpc) is 2.84. The lowest BCUT2D eigenvalue weighted by atomic mass is 10.0. The molecule has 1 aromatic rings. The standard InChI is InChI=1S/C22H32N2O8S2/c1-3-31-21(25)17-7-5-13-23(15-17)33(27,28)19-9-11-20(12-10-19)34(29,30)24-14-6-8-18(16-24)22(26)32-4-2/h9-12,17-18H,3-8,13-16H2,1-2H3. The molecule has 12 heteroatoms. The van der Waals surface area contributed by atoms with Crippen molar-refractivity contribution < 1.29 is 35.9 Å². The van der Waals surface area contributed by atoms with Crippen molar-refractivity contribution in [3.8, 4) is 0 Å². The van der Waals surface area contributed by atoms with Crippen LogP contribution in [0.4, 0.5) is 0 Å². The Bertz CT molecular complexity index is 999. The van der Waals surface area contributed by atoms with Gasteiger partial charge in [-0.25, -0.2) is 16.8 Å². The molecule has 34 heavy (non-hydrogen) atoms. The van der Waals surface area contributed by atoms with Gasteiger partial charge in [0, 0.05) is 26.2 Å². The summed E-state index contributed by atoms with van der Waals surface area (Å²) in [4.78, 5) is 24.1. The Morgan fingerprint density at radius 1 is 0.765 bits per heavy atom. The zero-order chi connectivity index (χ0) is 24.9. The maximum atomic E-state index is 13.1. The van der Waals surface area contributed by atoms with E-state index in [1.807, 2.05) is 0 Å². The minimum absolute atomic E-state index is 0.0320. The first kappa shape index (κ1) is 26.6. The van der Waals surface area contributed by atoms with Crippen molar-refractivity contribution in [2.24, 2.45) is 11.8 Å². The number of esters is 2. The fraction of sp³-hybridized carbons (Fsp3) is 0.636. The van der Waals surface area contributed by atoms with Crippen LogP contribution in [0.25, 0.3) is 0 Å². The highest BCUT2D eigenvalue weighted by atomic mass is 32.2. The molecule has 190 valence electrons. The van der Waals surface area contributed by atoms with E-state index in [0.29, 0.717) is 25.7 Å². The summed E-state index contributed by atoms with van der Waals surface area (Å²) in [6.07, 6.45) is 2.19. The van der Waals surface area contributed by atoms with Gasteiger partial charge in [-0.15, -0.1) is 0 Å². The van der Waals surface area contributed by atoms with Gasteiger partial charge in [-0.1, -0.05) is 0 Å². The second kappa shape index (κ2) is 11.1. The van der Waals surface area contributed by atoms with Crippen LogP contribution in [-0.4, -0.2) is 76.8 Å². The van der Waals surface area contributed by atoms with Gasteiger partial charge in [-0.3, -0.25) is 9.59 Å². The molecule has 2 aliphatic rings. The van der Waals surface area contributed by atoms with E-state index < -0.39 is 43.8 Å². The maximum Gasteiger partial charge on any atom is 0.310 e. The van der Waals surface area contributed by atoms with Crippen molar-refractivity contribution in [1.82, 2.24) is 8.61 Å². The Hall–Kier alpha value is -2.02. The normalized spacial score (nSPS) is 22.8. The second-order valence-electron chi connectivity index (χ2n) is 8.38. The third-order valence-electron chi connectivity index (χ3n) is 6.11. The topological polar surface area (TPSA) is 127 Å². The van der Waals surface area contributed by atoms with Crippen LogP contribution < -0.4 is 0 Å². The van der Waals surface area contributed by atoms with Gasteiger partial charge < -0.3 is 9.47 Å². The molecule has 2 atom stereocenters. The lowest BCUT2D eigenvalue weighted by Crippen LogP contribution is -2.43. The summed E-state index contributed by atoms with van der Waals surface area (Å²) in [6, 6.07) is 5.07. The van der Waals surface area contributed by atoms with E-state index in [4.69, 9.17) is 9.47 Å². The van der Waals surface area contributed by atoms with Gasteiger partial charge >= 0.3 is 11.9 Å². The van der Waals surface area contributed by atoms with Crippen LogP contribution in [0, 0.1) is 11.8 Å². The van der Waals surface area contributed by atoms with Gasteiger partial charge in [0.1, 0.15) is 0 Å². The molecular formula is C22H32N2O8S2. The summed E-state index contributed by atoms with van der Waals surface area (Å²) < 4.78 is 65.0. The number of carbonyl (C=O) groups is 2. The number of hydrogen-bond acceptors (Lipinski definition) is 8. The van der Waals surface area contributed by atoms with E-state index in [9.17, 15) is 26.4 Å². The summed E-state index contributed by atoms with van der Waals surface area (Å²) in [7, 11) is -7.80. The number of piperidine rings is 2. The van der Waals surface area contributed by atoms with Crippen LogP contribution in [0.3, 0.4) is 0 Å². The van der Waals surface area contributed by atoms with E-state index in [-0.39, 0.29) is 49.2 Å². The lowest BCUT2D eigenvalue weighted by molar-refractivity contribution is -0.150. The summed E-state index contributed by atoms with van der Waals surface area (Å²) in [5.41, 5.74) is 0. The Labute approximate surface area is 201 Å². The Balaban J connectivity index is 1.74. The molecule has 0 radical (unpaired) electrons. The molecule has 2 fully saturated rings. The van der Waals surface area contributed by atoms with Crippen LogP contribution >= 0.6 is 0 Å². The first-order valence-electron chi connectivity index (χ1n) is 11.5. The Kier molecular flexibility index (Phi) is 8.72. The predicted octanol–water partition coefficient (Wildman–Crippen LogP) is 1.61. The van der Waals surface area contributed by atoms with Gasteiger partial charge in [-0.2, -0.15) is 8.61 Å². The molecule has 3 rings (SSSR count). The van der Waals surface area contributed by atoms with Gasteiger partial charge in [0.2, 0.25) is 20.0 Å². The molecule has 10 nitrogen and oxygen atoms in total. The predicted molar refractivity (Wildman–Crippen MR) is 123 cm³/mol. The van der Waals surface area contributed by atoms with Crippen molar-refractivity contribution in [3.63, 3.8) is 0 Å². The van der Waals surface area contributed by atoms with E-state index >= 15 is 0 Å². The monoisotopic (exact) mass is 516 g/mol. The highest BCUT2D eigenvalue weighted by Gasteiger charge is 2.36. The minimum atomic E-state index is -3.90. The van der Waals surface area contributed by atoms with Crippen LogP contribution in [-0.2, 0) is 39.1 Å². The number of carbonyl (C=O) groups excluding carboxylic acids is 2. The van der Waals surface area contributed by atoms with Crippen molar-refractivity contribution in [2.75, 3.05) is 39.4 Å². The SMILES string of the molecule is CCOC(=O)C1CCCN(S(=O)(=O)c2ccc(S(=O)(=O)N3CCCC(C(=O)OCC)C3)cc2)C1. The van der Waals surface area contributed by atoms with Crippen LogP contribution in [0.5, 0.6) is 0 Å². The lowest BCUT2D eigenvalue weighted by Gasteiger charge is -2.31. The zero-order valence-corrected chi connectivity index (χ0v) is 21.1. The van der Waals surface area contributed by atoms with E-state index in [0.717, 1.165) is 0 Å². The van der Waals surface area contributed by atoms with Gasteiger partial charge in [-0.05, 0) is 63.8 Å². The molecule has 1 aromatic carbocycles. The highest BCUT2D eigenvalue weighted by Crippen LogP contribution is 2.28. The largest absolute Gasteiger partial charge is 0.466 e. The molecule has 0 aromatic heterocycles. The summed E-state index contributed by atoms with van der Waals surface area (Å²) >= 11 is 0. The van der Waals surface area contributed by atoms with Gasteiger partial charge in [0.05, 0.1) is 34.8 Å². The summed E-state index contributed by atoms with van der Waals surface area (Å²) in [5.74, 6) is -1.86. The molecule has 0 N–H and O–H groups in total. The molecule has 2 unspecified atom stereocenters. The number of benzene rings is 1. The first-order valence-corrected chi connectivity index (χ1v) is 14.4. The van der Waals surface area contributed by atoms with E-state index in [1.54, 1.807) is 13.8 Å². The molecular weight excluding hydrogens is 484 g/mol. The minimum Gasteiger partial charge on any atom is -0.466 e. The highest BCUT2D eigenvalue weighted by molar-refractivity contribution is 7.89. The third-order valence-corrected chi connectivity index (χ3v) is 9.87. The van der Waals surface area contributed by atoms with E-state index in [2.05, 4.69) is 0 Å². The molecule has 2 heterocycles.